The van der Waals surface area contributed by atoms with Crippen LogP contribution in [0.2, 0.25) is 0 Å². The minimum absolute atomic E-state index is 0.881. The monoisotopic (exact) mass is 162 g/mol. The van der Waals surface area contributed by atoms with Crippen LogP contribution in [0.1, 0.15) is 5.69 Å². The lowest BCUT2D eigenvalue weighted by Gasteiger charge is -1.96. The Morgan fingerprint density at radius 3 is 3.08 bits per heavy atom. The van der Waals surface area contributed by atoms with Crippen molar-refractivity contribution in [2.24, 2.45) is 0 Å². The van der Waals surface area contributed by atoms with E-state index in [1.807, 2.05) is 19.1 Å². The molecule has 0 aliphatic rings. The highest BCUT2D eigenvalue weighted by Crippen LogP contribution is 2.27. The first-order valence-corrected chi connectivity index (χ1v) is 3.80. The Kier molecular flexibility index (Phi) is 1.50. The molecule has 2 aromatic heterocycles. The molecule has 0 radical (unpaired) electrons. The fourth-order valence-corrected chi connectivity index (χ4v) is 1.39. The minimum atomic E-state index is 0.881. The number of ether oxygens (including phenoxy) is 1. The zero-order valence-corrected chi connectivity index (χ0v) is 7.09. The van der Waals surface area contributed by atoms with Crippen molar-refractivity contribution in [1.29, 1.82) is 0 Å². The third-order valence-corrected chi connectivity index (χ3v) is 1.90. The summed E-state index contributed by atoms with van der Waals surface area (Å²) in [6.07, 6.45) is 1.76. The molecule has 2 heterocycles. The first kappa shape index (κ1) is 7.16. The van der Waals surface area contributed by atoms with Crippen LogP contribution in [0.5, 0.6) is 5.75 Å². The first-order chi connectivity index (χ1) is 5.83. The van der Waals surface area contributed by atoms with E-state index in [0.29, 0.717) is 0 Å². The summed E-state index contributed by atoms with van der Waals surface area (Å²) in [6, 6.07) is 3.89. The number of aromatic nitrogens is 2. The third kappa shape index (κ3) is 0.863. The Balaban J connectivity index is 2.81. The van der Waals surface area contributed by atoms with E-state index in [9.17, 15) is 0 Å². The van der Waals surface area contributed by atoms with Crippen LogP contribution < -0.4 is 4.74 Å². The van der Waals surface area contributed by atoms with Gasteiger partial charge in [-0.15, -0.1) is 0 Å². The van der Waals surface area contributed by atoms with Gasteiger partial charge >= 0.3 is 0 Å². The lowest BCUT2D eigenvalue weighted by Crippen LogP contribution is -1.82. The van der Waals surface area contributed by atoms with Gasteiger partial charge in [-0.05, 0) is 19.1 Å². The van der Waals surface area contributed by atoms with Crippen LogP contribution in [0, 0.1) is 6.92 Å². The van der Waals surface area contributed by atoms with E-state index >= 15 is 0 Å². The molecule has 0 atom stereocenters. The number of methoxy groups -OCH3 is 1. The zero-order valence-electron chi connectivity index (χ0n) is 7.09. The molecule has 0 aromatic carbocycles. The van der Waals surface area contributed by atoms with Crippen LogP contribution in [0.15, 0.2) is 18.3 Å². The summed E-state index contributed by atoms with van der Waals surface area (Å²) in [5, 5.41) is 1.04. The normalized spacial score (nSPS) is 10.5. The maximum atomic E-state index is 5.23. The van der Waals surface area contributed by atoms with Crippen molar-refractivity contribution >= 4 is 11.0 Å². The molecule has 0 spiro atoms. The van der Waals surface area contributed by atoms with E-state index in [4.69, 9.17) is 4.74 Å². The van der Waals surface area contributed by atoms with Crippen LogP contribution >= 0.6 is 0 Å². The standard InChI is InChI=1S/C9H10N2O/c1-6-8(12-2)7-4-3-5-10-9(7)11-6/h3-5H,1-2H3,(H,10,11). The summed E-state index contributed by atoms with van der Waals surface area (Å²) < 4.78 is 5.23. The maximum Gasteiger partial charge on any atom is 0.148 e. The third-order valence-electron chi connectivity index (χ3n) is 1.90. The molecule has 2 aromatic rings. The number of H-pyrrole nitrogens is 1. The Hall–Kier alpha value is -1.51. The van der Waals surface area contributed by atoms with Gasteiger partial charge in [-0.3, -0.25) is 0 Å². The van der Waals surface area contributed by atoms with Gasteiger partial charge in [-0.2, -0.15) is 0 Å². The van der Waals surface area contributed by atoms with E-state index in [2.05, 4.69) is 9.97 Å². The van der Waals surface area contributed by atoms with Crippen molar-refractivity contribution in [2.75, 3.05) is 7.11 Å². The van der Waals surface area contributed by atoms with Gasteiger partial charge < -0.3 is 9.72 Å². The molecule has 2 rings (SSSR count). The van der Waals surface area contributed by atoms with Crippen LogP contribution in [-0.4, -0.2) is 17.1 Å². The van der Waals surface area contributed by atoms with Crippen molar-refractivity contribution in [3.8, 4) is 5.75 Å². The van der Waals surface area contributed by atoms with E-state index < -0.39 is 0 Å². The fourth-order valence-electron chi connectivity index (χ4n) is 1.39. The second-order valence-corrected chi connectivity index (χ2v) is 2.68. The lowest BCUT2D eigenvalue weighted by atomic mass is 10.3. The van der Waals surface area contributed by atoms with Gasteiger partial charge in [0.1, 0.15) is 11.4 Å². The van der Waals surface area contributed by atoms with E-state index in [-0.39, 0.29) is 0 Å². The molecule has 0 amide bonds. The van der Waals surface area contributed by atoms with Gasteiger partial charge in [-0.25, -0.2) is 4.98 Å². The second-order valence-electron chi connectivity index (χ2n) is 2.68. The van der Waals surface area contributed by atoms with Gasteiger partial charge in [0.2, 0.25) is 0 Å². The van der Waals surface area contributed by atoms with Gasteiger partial charge in [0, 0.05) is 6.20 Å². The Morgan fingerprint density at radius 1 is 1.50 bits per heavy atom. The van der Waals surface area contributed by atoms with E-state index in [0.717, 1.165) is 22.5 Å². The fraction of sp³-hybridized carbons (Fsp3) is 0.222. The molecule has 0 saturated heterocycles. The van der Waals surface area contributed by atoms with Gasteiger partial charge in [0.25, 0.3) is 0 Å². The molecule has 1 N–H and O–H groups in total. The smallest absolute Gasteiger partial charge is 0.148 e. The molecule has 3 nitrogen and oxygen atoms in total. The van der Waals surface area contributed by atoms with Gasteiger partial charge in [0.05, 0.1) is 18.2 Å². The number of aryl methyl sites for hydroxylation is 1. The SMILES string of the molecule is COc1c(C)[nH]c2ncccc12. The number of aromatic amines is 1. The van der Waals surface area contributed by atoms with Crippen molar-refractivity contribution in [1.82, 2.24) is 9.97 Å². The summed E-state index contributed by atoms with van der Waals surface area (Å²) >= 11 is 0. The second kappa shape index (κ2) is 2.52. The minimum Gasteiger partial charge on any atom is -0.494 e. The predicted octanol–water partition coefficient (Wildman–Crippen LogP) is 1.88. The topological polar surface area (TPSA) is 37.9 Å². The van der Waals surface area contributed by atoms with Crippen LogP contribution in [0.4, 0.5) is 0 Å². The summed E-state index contributed by atoms with van der Waals surface area (Å²) in [6.45, 7) is 1.97. The molecule has 0 saturated carbocycles. The number of fused-ring (bicyclic) bond motifs is 1. The Bertz CT molecular complexity index is 406. The molecule has 0 unspecified atom stereocenters. The van der Waals surface area contributed by atoms with Crippen LogP contribution in [0.3, 0.4) is 0 Å². The van der Waals surface area contributed by atoms with Crippen molar-refractivity contribution in [3.63, 3.8) is 0 Å². The average Bonchev–Trinajstić information content (AvgIpc) is 2.40. The molecular weight excluding hydrogens is 152 g/mol. The molecule has 0 fully saturated rings. The number of pyridine rings is 1. The highest BCUT2D eigenvalue weighted by Gasteiger charge is 2.07. The average molecular weight is 162 g/mol. The van der Waals surface area contributed by atoms with E-state index in [1.165, 1.54) is 0 Å². The first-order valence-electron chi connectivity index (χ1n) is 3.80. The molecule has 0 aliphatic heterocycles. The molecule has 3 heteroatoms. The Morgan fingerprint density at radius 2 is 2.33 bits per heavy atom. The quantitative estimate of drug-likeness (QED) is 0.695. The highest BCUT2D eigenvalue weighted by atomic mass is 16.5. The van der Waals surface area contributed by atoms with E-state index in [1.54, 1.807) is 13.3 Å². The van der Waals surface area contributed by atoms with Gasteiger partial charge in [-0.1, -0.05) is 0 Å². The summed E-state index contributed by atoms with van der Waals surface area (Å²) in [7, 11) is 1.67. The van der Waals surface area contributed by atoms with Gasteiger partial charge in [0.15, 0.2) is 0 Å². The molecule has 12 heavy (non-hydrogen) atoms. The highest BCUT2D eigenvalue weighted by molar-refractivity contribution is 5.84. The van der Waals surface area contributed by atoms with Crippen molar-refractivity contribution in [2.45, 2.75) is 6.92 Å². The van der Waals surface area contributed by atoms with Crippen molar-refractivity contribution in [3.05, 3.63) is 24.0 Å². The molecular formula is C9H10N2O. The van der Waals surface area contributed by atoms with Crippen LogP contribution in [-0.2, 0) is 0 Å². The molecule has 0 aliphatic carbocycles. The largest absolute Gasteiger partial charge is 0.494 e. The maximum absolute atomic E-state index is 5.23. The predicted molar refractivity (Wildman–Crippen MR) is 47.4 cm³/mol. The van der Waals surface area contributed by atoms with Crippen LogP contribution in [0.25, 0.3) is 11.0 Å². The number of nitrogens with one attached hydrogen (secondary N) is 1. The number of nitrogens with zero attached hydrogens (tertiary/aromatic N) is 1. The van der Waals surface area contributed by atoms with Crippen molar-refractivity contribution < 1.29 is 4.74 Å². The summed E-state index contributed by atoms with van der Waals surface area (Å²) in [5.74, 6) is 0.887. The summed E-state index contributed by atoms with van der Waals surface area (Å²) in [5.41, 5.74) is 1.90. The molecule has 62 valence electrons. The zero-order chi connectivity index (χ0) is 8.55. The Labute approximate surface area is 70.4 Å². The molecule has 0 bridgehead atoms. The lowest BCUT2D eigenvalue weighted by molar-refractivity contribution is 0.416. The number of rotatable bonds is 1. The number of hydrogen-bond acceptors (Lipinski definition) is 2. The summed E-state index contributed by atoms with van der Waals surface area (Å²) in [4.78, 5) is 7.32. The number of hydrogen-bond donors (Lipinski definition) is 1.